The van der Waals surface area contributed by atoms with Crippen LogP contribution in [0.25, 0.3) is 0 Å². The van der Waals surface area contributed by atoms with Gasteiger partial charge in [0.2, 0.25) is 5.91 Å². The Balaban J connectivity index is 0.00000242. The van der Waals surface area contributed by atoms with Gasteiger partial charge in [-0.15, -0.1) is 12.4 Å². The molecule has 1 unspecified atom stereocenters. The van der Waals surface area contributed by atoms with Gasteiger partial charge < -0.3 is 15.0 Å². The van der Waals surface area contributed by atoms with Gasteiger partial charge in [0.15, 0.2) is 0 Å². The van der Waals surface area contributed by atoms with E-state index in [1.54, 1.807) is 0 Å². The second kappa shape index (κ2) is 9.82. The summed E-state index contributed by atoms with van der Waals surface area (Å²) in [4.78, 5) is 14.6. The van der Waals surface area contributed by atoms with Crippen LogP contribution in [0.2, 0.25) is 0 Å². The normalized spacial score (nSPS) is 17.9. The Hall–Kier alpha value is -1.10. The van der Waals surface area contributed by atoms with Crippen LogP contribution in [0.5, 0.6) is 0 Å². The van der Waals surface area contributed by atoms with E-state index < -0.39 is 0 Å². The zero-order valence-corrected chi connectivity index (χ0v) is 14.3. The largest absolute Gasteiger partial charge is 0.378 e. The number of morpholine rings is 1. The first kappa shape index (κ1) is 18.9. The maximum absolute atomic E-state index is 12.6. The number of nitrogens with zero attached hydrogens (tertiary/aromatic N) is 1. The van der Waals surface area contributed by atoms with Gasteiger partial charge in [0.05, 0.1) is 13.2 Å². The van der Waals surface area contributed by atoms with Crippen LogP contribution in [0.3, 0.4) is 0 Å². The van der Waals surface area contributed by atoms with Crippen LogP contribution >= 0.6 is 12.4 Å². The van der Waals surface area contributed by atoms with Crippen molar-refractivity contribution >= 4 is 18.3 Å². The topological polar surface area (TPSA) is 41.6 Å². The predicted octanol–water partition coefficient (Wildman–Crippen LogP) is 2.47. The van der Waals surface area contributed by atoms with Gasteiger partial charge in [-0.05, 0) is 11.5 Å². The first-order valence-corrected chi connectivity index (χ1v) is 7.78. The molecule has 1 atom stereocenters. The van der Waals surface area contributed by atoms with Gasteiger partial charge in [0.25, 0.3) is 0 Å². The number of hydrogen-bond donors (Lipinski definition) is 1. The van der Waals surface area contributed by atoms with E-state index in [9.17, 15) is 4.79 Å². The van der Waals surface area contributed by atoms with Crippen LogP contribution < -0.4 is 5.32 Å². The molecule has 0 saturated carbocycles. The minimum Gasteiger partial charge on any atom is -0.378 e. The second-order valence-corrected chi connectivity index (χ2v) is 6.08. The Morgan fingerprint density at radius 2 is 2.09 bits per heavy atom. The van der Waals surface area contributed by atoms with Crippen molar-refractivity contribution in [3.05, 3.63) is 35.9 Å². The Labute approximate surface area is 139 Å². The van der Waals surface area contributed by atoms with Crippen molar-refractivity contribution < 1.29 is 9.53 Å². The van der Waals surface area contributed by atoms with E-state index in [0.717, 1.165) is 19.7 Å². The van der Waals surface area contributed by atoms with Crippen molar-refractivity contribution in [1.29, 1.82) is 0 Å². The van der Waals surface area contributed by atoms with E-state index in [2.05, 4.69) is 31.3 Å². The summed E-state index contributed by atoms with van der Waals surface area (Å²) in [6.45, 7) is 7.98. The molecule has 5 heteroatoms. The summed E-state index contributed by atoms with van der Waals surface area (Å²) >= 11 is 0. The number of halogens is 1. The van der Waals surface area contributed by atoms with Crippen molar-refractivity contribution in [3.63, 3.8) is 0 Å². The number of ether oxygens (including phenoxy) is 1. The number of nitrogens with one attached hydrogen (secondary N) is 1. The number of benzene rings is 1. The van der Waals surface area contributed by atoms with Crippen LogP contribution in [0.4, 0.5) is 0 Å². The molecule has 1 aliphatic heterocycles. The lowest BCUT2D eigenvalue weighted by Gasteiger charge is -2.29. The number of carbonyl (C=O) groups excluding carboxylic acids is 1. The lowest BCUT2D eigenvalue weighted by Crippen LogP contribution is -2.45. The molecule has 0 spiro atoms. The van der Waals surface area contributed by atoms with Crippen LogP contribution in [0.1, 0.15) is 25.8 Å². The number of amides is 1. The first-order valence-electron chi connectivity index (χ1n) is 7.78. The van der Waals surface area contributed by atoms with E-state index >= 15 is 0 Å². The number of hydrogen-bond acceptors (Lipinski definition) is 3. The van der Waals surface area contributed by atoms with Crippen LogP contribution in [0.15, 0.2) is 30.3 Å². The molecule has 0 aromatic heterocycles. The fourth-order valence-corrected chi connectivity index (χ4v) is 2.59. The number of carbonyl (C=O) groups is 1. The molecule has 0 bridgehead atoms. The molecule has 4 nitrogen and oxygen atoms in total. The summed E-state index contributed by atoms with van der Waals surface area (Å²) < 4.78 is 5.43. The molecule has 1 aliphatic rings. The molecule has 1 amide bonds. The summed E-state index contributed by atoms with van der Waals surface area (Å²) in [6, 6.07) is 10.3. The summed E-state index contributed by atoms with van der Waals surface area (Å²) in [5.74, 6) is 0.670. The third-order valence-electron chi connectivity index (χ3n) is 3.57. The molecule has 1 aromatic carbocycles. The fourth-order valence-electron chi connectivity index (χ4n) is 2.59. The van der Waals surface area contributed by atoms with Gasteiger partial charge in [0.1, 0.15) is 0 Å². The fraction of sp³-hybridized carbons (Fsp3) is 0.588. The zero-order valence-electron chi connectivity index (χ0n) is 13.5. The van der Waals surface area contributed by atoms with E-state index in [0.29, 0.717) is 25.5 Å². The third-order valence-corrected chi connectivity index (χ3v) is 3.57. The smallest absolute Gasteiger partial charge is 0.224 e. The molecular formula is C17H27ClN2O2. The van der Waals surface area contributed by atoms with Gasteiger partial charge in [-0.1, -0.05) is 44.2 Å². The summed E-state index contributed by atoms with van der Waals surface area (Å²) in [6.07, 6.45) is 0.513. The second-order valence-electron chi connectivity index (χ2n) is 6.08. The van der Waals surface area contributed by atoms with E-state index in [4.69, 9.17) is 4.74 Å². The van der Waals surface area contributed by atoms with Crippen LogP contribution in [-0.4, -0.2) is 43.2 Å². The first-order chi connectivity index (χ1) is 10.1. The quantitative estimate of drug-likeness (QED) is 0.873. The van der Waals surface area contributed by atoms with Gasteiger partial charge in [0, 0.05) is 32.1 Å². The standard InChI is InChI=1S/C17H26N2O2.ClH/c1-14(2)11-19(12-15-6-4-3-5-7-15)17(20)10-16-13-21-9-8-18-16;/h3-7,14,16,18H,8-13H2,1-2H3;1H. The molecular weight excluding hydrogens is 300 g/mol. The molecule has 2 rings (SSSR count). The summed E-state index contributed by atoms with van der Waals surface area (Å²) in [7, 11) is 0. The SMILES string of the molecule is CC(C)CN(Cc1ccccc1)C(=O)CC1COCCN1.Cl. The lowest BCUT2D eigenvalue weighted by atomic mass is 10.1. The van der Waals surface area contributed by atoms with E-state index in [1.165, 1.54) is 5.56 Å². The van der Waals surface area contributed by atoms with Gasteiger partial charge >= 0.3 is 0 Å². The van der Waals surface area contributed by atoms with Crippen molar-refractivity contribution in [3.8, 4) is 0 Å². The minimum absolute atomic E-state index is 0. The summed E-state index contributed by atoms with van der Waals surface area (Å²) in [5.41, 5.74) is 1.18. The average Bonchev–Trinajstić information content (AvgIpc) is 2.48. The molecule has 1 aromatic rings. The van der Waals surface area contributed by atoms with Crippen LogP contribution in [-0.2, 0) is 16.1 Å². The molecule has 1 fully saturated rings. The highest BCUT2D eigenvalue weighted by molar-refractivity contribution is 5.85. The molecule has 124 valence electrons. The van der Waals surface area contributed by atoms with Crippen LogP contribution in [0, 0.1) is 5.92 Å². The summed E-state index contributed by atoms with van der Waals surface area (Å²) in [5, 5.41) is 3.35. The van der Waals surface area contributed by atoms with E-state index in [1.807, 2.05) is 23.1 Å². The Kier molecular flexibility index (Phi) is 8.46. The maximum Gasteiger partial charge on any atom is 0.224 e. The average molecular weight is 327 g/mol. The maximum atomic E-state index is 12.6. The Morgan fingerprint density at radius 1 is 1.36 bits per heavy atom. The van der Waals surface area contributed by atoms with Gasteiger partial charge in [-0.25, -0.2) is 0 Å². The van der Waals surface area contributed by atoms with E-state index in [-0.39, 0.29) is 24.4 Å². The number of rotatable bonds is 6. The van der Waals surface area contributed by atoms with Crippen molar-refractivity contribution in [1.82, 2.24) is 10.2 Å². The highest BCUT2D eigenvalue weighted by Crippen LogP contribution is 2.11. The predicted molar refractivity (Wildman–Crippen MR) is 91.2 cm³/mol. The van der Waals surface area contributed by atoms with Crippen molar-refractivity contribution in [2.45, 2.75) is 32.9 Å². The molecule has 0 radical (unpaired) electrons. The third kappa shape index (κ3) is 6.34. The molecule has 1 heterocycles. The molecule has 1 N–H and O–H groups in total. The molecule has 0 aliphatic carbocycles. The van der Waals surface area contributed by atoms with Gasteiger partial charge in [-0.2, -0.15) is 0 Å². The monoisotopic (exact) mass is 326 g/mol. The Morgan fingerprint density at radius 3 is 2.68 bits per heavy atom. The highest BCUT2D eigenvalue weighted by atomic mass is 35.5. The Bertz CT molecular complexity index is 434. The minimum atomic E-state index is 0. The molecule has 1 saturated heterocycles. The zero-order chi connectivity index (χ0) is 15.1. The van der Waals surface area contributed by atoms with Crippen molar-refractivity contribution in [2.75, 3.05) is 26.3 Å². The van der Waals surface area contributed by atoms with Crippen molar-refractivity contribution in [2.24, 2.45) is 5.92 Å². The molecule has 22 heavy (non-hydrogen) atoms. The highest BCUT2D eigenvalue weighted by Gasteiger charge is 2.21. The van der Waals surface area contributed by atoms with Gasteiger partial charge in [-0.3, -0.25) is 4.79 Å². The lowest BCUT2D eigenvalue weighted by molar-refractivity contribution is -0.133.